The normalized spacial score (nSPS) is 10.6. The highest BCUT2D eigenvalue weighted by molar-refractivity contribution is 7.99. The fraction of sp³-hybridized carbons (Fsp3) is 0.100. The number of H-pyrrole nitrogens is 1. The second-order valence-electron chi connectivity index (χ2n) is 3.83. The van der Waals surface area contributed by atoms with Crippen molar-refractivity contribution in [2.75, 3.05) is 0 Å². The average molecular weight is 314 g/mol. The predicted octanol–water partition coefficient (Wildman–Crippen LogP) is 1.01. The van der Waals surface area contributed by atoms with Gasteiger partial charge in [0.05, 0.1) is 15.9 Å². The molecule has 0 aliphatic carbocycles. The summed E-state index contributed by atoms with van der Waals surface area (Å²) in [6.45, 7) is 0. The number of carboxylic acids is 1. The second kappa shape index (κ2) is 5.36. The van der Waals surface area contributed by atoms with E-state index >= 15 is 0 Å². The van der Waals surface area contributed by atoms with Crippen LogP contribution in [0.25, 0.3) is 0 Å². The first-order chi connectivity index (χ1) is 9.81. The number of nitro benzene ring substituents is 1. The number of nitrogens with zero attached hydrogens (tertiary/aromatic N) is 3. The van der Waals surface area contributed by atoms with Gasteiger partial charge in [-0.25, -0.2) is 19.1 Å². The molecule has 9 nitrogen and oxygen atoms in total. The molecule has 0 radical (unpaired) electrons. The third-order valence-corrected chi connectivity index (χ3v) is 3.60. The Hall–Kier alpha value is -2.69. The fourth-order valence-electron chi connectivity index (χ4n) is 1.47. The minimum absolute atomic E-state index is 0.0871. The Morgan fingerprint density at radius 1 is 1.57 bits per heavy atom. The minimum Gasteiger partial charge on any atom is -0.477 e. The number of nitro groups is 1. The zero-order valence-electron chi connectivity index (χ0n) is 10.4. The lowest BCUT2D eigenvalue weighted by molar-refractivity contribution is -0.385. The van der Waals surface area contributed by atoms with Gasteiger partial charge in [-0.3, -0.25) is 14.7 Å². The van der Waals surface area contributed by atoms with Crippen molar-refractivity contribution in [3.63, 3.8) is 0 Å². The molecule has 1 aromatic heterocycles. The van der Waals surface area contributed by atoms with E-state index in [0.29, 0.717) is 17.8 Å². The average Bonchev–Trinajstić information content (AvgIpc) is 2.72. The Balaban J connectivity index is 2.52. The Bertz CT molecular complexity index is 799. The van der Waals surface area contributed by atoms with Crippen molar-refractivity contribution in [2.45, 2.75) is 10.1 Å². The molecule has 0 bridgehead atoms. The van der Waals surface area contributed by atoms with Gasteiger partial charge in [0.1, 0.15) is 11.4 Å². The number of aromatic amines is 1. The van der Waals surface area contributed by atoms with Crippen LogP contribution in [0.2, 0.25) is 0 Å². The van der Waals surface area contributed by atoms with Crippen molar-refractivity contribution in [3.05, 3.63) is 44.1 Å². The SMILES string of the molecule is Cn1c(Sc2cc(C(=O)O)c([N+](=O)[O-])cc2F)n[nH]c1=O. The van der Waals surface area contributed by atoms with Crippen molar-refractivity contribution < 1.29 is 19.2 Å². The van der Waals surface area contributed by atoms with Crippen LogP contribution in [0.5, 0.6) is 0 Å². The third kappa shape index (κ3) is 2.76. The highest BCUT2D eigenvalue weighted by Gasteiger charge is 2.24. The number of carbonyl (C=O) groups is 1. The molecule has 110 valence electrons. The number of aromatic nitrogens is 3. The first-order valence-electron chi connectivity index (χ1n) is 5.31. The molecule has 0 atom stereocenters. The number of hydrogen-bond acceptors (Lipinski definition) is 6. The van der Waals surface area contributed by atoms with Crippen LogP contribution >= 0.6 is 11.8 Å². The van der Waals surface area contributed by atoms with E-state index in [1.165, 1.54) is 7.05 Å². The maximum atomic E-state index is 13.8. The van der Waals surface area contributed by atoms with Crippen molar-refractivity contribution in [1.29, 1.82) is 0 Å². The van der Waals surface area contributed by atoms with Gasteiger partial charge in [-0.05, 0) is 17.8 Å². The molecule has 0 amide bonds. The molecule has 0 aliphatic heterocycles. The van der Waals surface area contributed by atoms with Gasteiger partial charge in [0.2, 0.25) is 0 Å². The van der Waals surface area contributed by atoms with E-state index in [-0.39, 0.29) is 10.1 Å². The Kier molecular flexibility index (Phi) is 3.76. The quantitative estimate of drug-likeness (QED) is 0.635. The molecule has 1 aromatic carbocycles. The van der Waals surface area contributed by atoms with Gasteiger partial charge in [-0.1, -0.05) is 0 Å². The molecule has 2 rings (SSSR count). The summed E-state index contributed by atoms with van der Waals surface area (Å²) in [5.41, 5.74) is -2.03. The molecule has 0 unspecified atom stereocenters. The zero-order chi connectivity index (χ0) is 15.7. The number of aromatic carboxylic acids is 1. The van der Waals surface area contributed by atoms with Crippen molar-refractivity contribution in [1.82, 2.24) is 14.8 Å². The maximum Gasteiger partial charge on any atom is 0.343 e. The van der Waals surface area contributed by atoms with Crippen LogP contribution in [0.4, 0.5) is 10.1 Å². The van der Waals surface area contributed by atoms with E-state index < -0.39 is 33.7 Å². The largest absolute Gasteiger partial charge is 0.477 e. The highest BCUT2D eigenvalue weighted by Crippen LogP contribution is 2.32. The number of nitrogens with one attached hydrogen (secondary N) is 1. The van der Waals surface area contributed by atoms with Crippen LogP contribution in [0.15, 0.2) is 27.0 Å². The van der Waals surface area contributed by atoms with Crippen LogP contribution in [-0.4, -0.2) is 30.8 Å². The number of halogens is 1. The summed E-state index contributed by atoms with van der Waals surface area (Å²) >= 11 is 0.673. The van der Waals surface area contributed by atoms with Crippen LogP contribution in [0.1, 0.15) is 10.4 Å². The molecule has 2 aromatic rings. The Labute approximate surface area is 119 Å². The van der Waals surface area contributed by atoms with E-state index in [9.17, 15) is 24.1 Å². The van der Waals surface area contributed by atoms with Crippen molar-refractivity contribution >= 4 is 23.4 Å². The molecule has 0 aliphatic rings. The predicted molar refractivity (Wildman–Crippen MR) is 68.0 cm³/mol. The topological polar surface area (TPSA) is 131 Å². The van der Waals surface area contributed by atoms with E-state index in [1.807, 2.05) is 0 Å². The molecular formula is C10H7FN4O5S. The summed E-state index contributed by atoms with van der Waals surface area (Å²) in [7, 11) is 1.38. The molecule has 0 saturated carbocycles. The number of rotatable bonds is 4. The van der Waals surface area contributed by atoms with Gasteiger partial charge in [0.25, 0.3) is 5.69 Å². The first kappa shape index (κ1) is 14.7. The number of benzene rings is 1. The number of hydrogen-bond donors (Lipinski definition) is 2. The van der Waals surface area contributed by atoms with Gasteiger partial charge >= 0.3 is 11.7 Å². The Morgan fingerprint density at radius 2 is 2.24 bits per heavy atom. The molecule has 0 spiro atoms. The van der Waals surface area contributed by atoms with E-state index in [1.54, 1.807) is 0 Å². The van der Waals surface area contributed by atoms with Crippen molar-refractivity contribution in [3.8, 4) is 0 Å². The monoisotopic (exact) mass is 314 g/mol. The molecule has 0 saturated heterocycles. The smallest absolute Gasteiger partial charge is 0.343 e. The number of carboxylic acid groups (broad SMARTS) is 1. The van der Waals surface area contributed by atoms with Gasteiger partial charge in [0.15, 0.2) is 5.16 Å². The molecule has 11 heteroatoms. The highest BCUT2D eigenvalue weighted by atomic mass is 32.2. The van der Waals surface area contributed by atoms with E-state index in [2.05, 4.69) is 10.2 Å². The third-order valence-electron chi connectivity index (χ3n) is 2.52. The minimum atomic E-state index is -1.56. The summed E-state index contributed by atoms with van der Waals surface area (Å²) < 4.78 is 14.9. The maximum absolute atomic E-state index is 13.8. The van der Waals surface area contributed by atoms with Gasteiger partial charge in [-0.2, -0.15) is 0 Å². The van der Waals surface area contributed by atoms with Gasteiger partial charge in [-0.15, -0.1) is 5.10 Å². The van der Waals surface area contributed by atoms with Crippen molar-refractivity contribution in [2.24, 2.45) is 7.05 Å². The Morgan fingerprint density at radius 3 is 2.71 bits per heavy atom. The molecule has 1 heterocycles. The lowest BCUT2D eigenvalue weighted by Gasteiger charge is -2.04. The van der Waals surface area contributed by atoms with Crippen LogP contribution in [-0.2, 0) is 7.05 Å². The standard InChI is InChI=1S/C10H7FN4O5S/c1-14-9(18)12-13-10(14)21-7-2-4(8(16)17)6(15(19)20)3-5(7)11/h2-3H,1H3,(H,12,18)(H,16,17). The lowest BCUT2D eigenvalue weighted by atomic mass is 10.2. The summed E-state index contributed by atoms with van der Waals surface area (Å²) in [6.07, 6.45) is 0. The molecule has 0 fully saturated rings. The zero-order valence-corrected chi connectivity index (χ0v) is 11.2. The molecule has 2 N–H and O–H groups in total. The molecular weight excluding hydrogens is 307 g/mol. The lowest BCUT2D eigenvalue weighted by Crippen LogP contribution is -2.12. The second-order valence-corrected chi connectivity index (χ2v) is 4.84. The summed E-state index contributed by atoms with van der Waals surface area (Å²) in [5.74, 6) is -2.54. The summed E-state index contributed by atoms with van der Waals surface area (Å²) in [4.78, 5) is 31.7. The van der Waals surface area contributed by atoms with Crippen LogP contribution in [0.3, 0.4) is 0 Å². The van der Waals surface area contributed by atoms with Crippen LogP contribution in [0, 0.1) is 15.9 Å². The molecule has 21 heavy (non-hydrogen) atoms. The summed E-state index contributed by atoms with van der Waals surface area (Å²) in [6, 6.07) is 1.36. The first-order valence-corrected chi connectivity index (χ1v) is 6.13. The van der Waals surface area contributed by atoms with Gasteiger partial charge < -0.3 is 5.11 Å². The summed E-state index contributed by atoms with van der Waals surface area (Å²) in [5, 5.41) is 25.5. The van der Waals surface area contributed by atoms with Crippen LogP contribution < -0.4 is 5.69 Å². The van der Waals surface area contributed by atoms with E-state index in [0.717, 1.165) is 10.6 Å². The fourth-order valence-corrected chi connectivity index (χ4v) is 2.31. The van der Waals surface area contributed by atoms with Gasteiger partial charge in [0, 0.05) is 7.05 Å². The van der Waals surface area contributed by atoms with E-state index in [4.69, 9.17) is 5.11 Å².